The van der Waals surface area contributed by atoms with E-state index in [-0.39, 0.29) is 5.92 Å². The number of anilines is 1. The second-order valence-corrected chi connectivity index (χ2v) is 4.34. The van der Waals surface area contributed by atoms with Crippen LogP contribution in [0.2, 0.25) is 0 Å². The van der Waals surface area contributed by atoms with Crippen LogP contribution in [-0.2, 0) is 0 Å². The van der Waals surface area contributed by atoms with E-state index in [9.17, 15) is 0 Å². The maximum Gasteiger partial charge on any atom is 0.222 e. The second kappa shape index (κ2) is 4.96. The molecule has 0 radical (unpaired) electrons. The minimum Gasteiger partial charge on any atom is -0.477 e. The molecule has 0 bridgehead atoms. The third kappa shape index (κ3) is 3.08. The van der Waals surface area contributed by atoms with Gasteiger partial charge in [0.1, 0.15) is 12.1 Å². The number of ether oxygens (including phenoxy) is 1. The quantitative estimate of drug-likeness (QED) is 0.826. The van der Waals surface area contributed by atoms with Gasteiger partial charge in [-0.05, 0) is 11.8 Å². The summed E-state index contributed by atoms with van der Waals surface area (Å²) >= 11 is 0. The van der Waals surface area contributed by atoms with Crippen LogP contribution in [0.4, 0.5) is 5.82 Å². The highest BCUT2D eigenvalue weighted by Gasteiger charge is 2.14. The van der Waals surface area contributed by atoms with Gasteiger partial charge in [-0.2, -0.15) is 0 Å². The van der Waals surface area contributed by atoms with E-state index in [1.165, 1.54) is 6.33 Å². The summed E-state index contributed by atoms with van der Waals surface area (Å²) in [5.41, 5.74) is 6.70. The monoisotopic (exact) mass is 209 g/mol. The average molecular weight is 209 g/mol. The van der Waals surface area contributed by atoms with Gasteiger partial charge in [0.25, 0.3) is 0 Å². The molecule has 0 aliphatic carbocycles. The first kappa shape index (κ1) is 11.8. The van der Waals surface area contributed by atoms with Crippen LogP contribution >= 0.6 is 0 Å². The van der Waals surface area contributed by atoms with E-state index in [1.807, 2.05) is 0 Å². The molecule has 4 nitrogen and oxygen atoms in total. The molecule has 1 aromatic heterocycles. The van der Waals surface area contributed by atoms with Gasteiger partial charge in [-0.25, -0.2) is 9.97 Å². The Labute approximate surface area is 90.9 Å². The van der Waals surface area contributed by atoms with Crippen LogP contribution in [0.1, 0.15) is 39.2 Å². The fraction of sp³-hybridized carbons (Fsp3) is 0.636. The zero-order chi connectivity index (χ0) is 11.4. The number of hydrogen-bond acceptors (Lipinski definition) is 4. The van der Waals surface area contributed by atoms with Crippen molar-refractivity contribution in [3.63, 3.8) is 0 Å². The standard InChI is InChI=1S/C11H19N3O/c1-7(2)5-15-11-9(8(3)4)10(12)13-6-14-11/h6-8H,5H2,1-4H3,(H2,12,13,14). The Morgan fingerprint density at radius 2 is 1.93 bits per heavy atom. The van der Waals surface area contributed by atoms with Gasteiger partial charge < -0.3 is 10.5 Å². The van der Waals surface area contributed by atoms with Crippen LogP contribution in [0.15, 0.2) is 6.33 Å². The van der Waals surface area contributed by atoms with Crippen molar-refractivity contribution in [2.75, 3.05) is 12.3 Å². The fourth-order valence-electron chi connectivity index (χ4n) is 1.30. The van der Waals surface area contributed by atoms with Gasteiger partial charge >= 0.3 is 0 Å². The minimum atomic E-state index is 0.272. The Morgan fingerprint density at radius 3 is 2.47 bits per heavy atom. The molecule has 0 aliphatic heterocycles. The molecule has 84 valence electrons. The number of nitrogens with two attached hydrogens (primary N) is 1. The Kier molecular flexibility index (Phi) is 3.88. The van der Waals surface area contributed by atoms with Crippen LogP contribution in [0, 0.1) is 5.92 Å². The molecule has 0 spiro atoms. The van der Waals surface area contributed by atoms with E-state index in [0.717, 1.165) is 5.56 Å². The fourth-order valence-corrected chi connectivity index (χ4v) is 1.30. The number of aromatic nitrogens is 2. The molecule has 0 aromatic carbocycles. The maximum absolute atomic E-state index is 5.80. The first-order valence-corrected chi connectivity index (χ1v) is 5.25. The molecule has 1 aromatic rings. The van der Waals surface area contributed by atoms with Gasteiger partial charge in [-0.1, -0.05) is 27.7 Å². The molecule has 1 heterocycles. The first-order valence-electron chi connectivity index (χ1n) is 5.25. The predicted octanol–water partition coefficient (Wildman–Crippen LogP) is 2.22. The Bertz CT molecular complexity index is 324. The van der Waals surface area contributed by atoms with Crippen LogP contribution in [0.3, 0.4) is 0 Å². The topological polar surface area (TPSA) is 61.0 Å². The molecule has 0 atom stereocenters. The zero-order valence-electron chi connectivity index (χ0n) is 9.82. The van der Waals surface area contributed by atoms with Crippen molar-refractivity contribution in [2.24, 2.45) is 5.92 Å². The van der Waals surface area contributed by atoms with Crippen LogP contribution in [0.25, 0.3) is 0 Å². The van der Waals surface area contributed by atoms with Gasteiger partial charge in [-0.15, -0.1) is 0 Å². The number of nitrogens with zero attached hydrogens (tertiary/aromatic N) is 2. The van der Waals surface area contributed by atoms with Crippen LogP contribution in [-0.4, -0.2) is 16.6 Å². The molecule has 4 heteroatoms. The van der Waals surface area contributed by atoms with Crippen LogP contribution < -0.4 is 10.5 Å². The second-order valence-electron chi connectivity index (χ2n) is 4.34. The predicted molar refractivity (Wildman–Crippen MR) is 60.9 cm³/mol. The summed E-state index contributed by atoms with van der Waals surface area (Å²) in [6, 6.07) is 0. The number of rotatable bonds is 4. The van der Waals surface area contributed by atoms with E-state index >= 15 is 0 Å². The lowest BCUT2D eigenvalue weighted by atomic mass is 10.1. The lowest BCUT2D eigenvalue weighted by Crippen LogP contribution is -2.10. The summed E-state index contributed by atoms with van der Waals surface area (Å²) in [5, 5.41) is 0. The van der Waals surface area contributed by atoms with Crippen molar-refractivity contribution < 1.29 is 4.74 Å². The minimum absolute atomic E-state index is 0.272. The van der Waals surface area contributed by atoms with E-state index in [1.54, 1.807) is 0 Å². The molecule has 0 unspecified atom stereocenters. The van der Waals surface area contributed by atoms with Gasteiger partial charge in [0.15, 0.2) is 0 Å². The molecule has 0 fully saturated rings. The highest BCUT2D eigenvalue weighted by atomic mass is 16.5. The molecule has 0 aliphatic rings. The van der Waals surface area contributed by atoms with Gasteiger partial charge in [-0.3, -0.25) is 0 Å². The Morgan fingerprint density at radius 1 is 1.27 bits per heavy atom. The normalized spacial score (nSPS) is 11.1. The Hall–Kier alpha value is -1.32. The summed E-state index contributed by atoms with van der Waals surface area (Å²) in [7, 11) is 0. The Balaban J connectivity index is 2.91. The van der Waals surface area contributed by atoms with Crippen molar-refractivity contribution in [1.29, 1.82) is 0 Å². The average Bonchev–Trinajstić information content (AvgIpc) is 2.13. The van der Waals surface area contributed by atoms with Crippen molar-refractivity contribution in [1.82, 2.24) is 9.97 Å². The number of hydrogen-bond donors (Lipinski definition) is 1. The number of nitrogen functional groups attached to an aromatic ring is 1. The van der Waals surface area contributed by atoms with E-state index in [4.69, 9.17) is 10.5 Å². The van der Waals surface area contributed by atoms with Gasteiger partial charge in [0.2, 0.25) is 5.88 Å². The highest BCUT2D eigenvalue weighted by molar-refractivity contribution is 5.46. The maximum atomic E-state index is 5.80. The smallest absolute Gasteiger partial charge is 0.222 e. The highest BCUT2D eigenvalue weighted by Crippen LogP contribution is 2.28. The summed E-state index contributed by atoms with van der Waals surface area (Å²) < 4.78 is 5.61. The molecule has 0 amide bonds. The van der Waals surface area contributed by atoms with Crippen molar-refractivity contribution in [2.45, 2.75) is 33.6 Å². The van der Waals surface area contributed by atoms with Gasteiger partial charge in [0, 0.05) is 0 Å². The molecule has 0 saturated heterocycles. The van der Waals surface area contributed by atoms with E-state index in [2.05, 4.69) is 37.7 Å². The zero-order valence-corrected chi connectivity index (χ0v) is 9.82. The molecule has 0 saturated carbocycles. The van der Waals surface area contributed by atoms with Crippen molar-refractivity contribution in [3.8, 4) is 5.88 Å². The molecule has 2 N–H and O–H groups in total. The largest absolute Gasteiger partial charge is 0.477 e. The van der Waals surface area contributed by atoms with E-state index in [0.29, 0.717) is 24.2 Å². The lowest BCUT2D eigenvalue weighted by molar-refractivity contribution is 0.257. The lowest BCUT2D eigenvalue weighted by Gasteiger charge is -2.14. The van der Waals surface area contributed by atoms with Gasteiger partial charge in [0.05, 0.1) is 12.2 Å². The van der Waals surface area contributed by atoms with Crippen molar-refractivity contribution in [3.05, 3.63) is 11.9 Å². The summed E-state index contributed by atoms with van der Waals surface area (Å²) in [4.78, 5) is 8.09. The SMILES string of the molecule is CC(C)COc1ncnc(N)c1C(C)C. The molecule has 15 heavy (non-hydrogen) atoms. The molecule has 1 rings (SSSR count). The molecular weight excluding hydrogens is 190 g/mol. The summed E-state index contributed by atoms with van der Waals surface area (Å²) in [6.07, 6.45) is 1.44. The third-order valence-electron chi connectivity index (χ3n) is 2.01. The van der Waals surface area contributed by atoms with E-state index < -0.39 is 0 Å². The first-order chi connectivity index (χ1) is 7.02. The van der Waals surface area contributed by atoms with Crippen molar-refractivity contribution >= 4 is 5.82 Å². The van der Waals surface area contributed by atoms with Crippen LogP contribution in [0.5, 0.6) is 5.88 Å². The third-order valence-corrected chi connectivity index (χ3v) is 2.01. The molecular formula is C11H19N3O. The summed E-state index contributed by atoms with van der Waals surface area (Å²) in [6.45, 7) is 8.95. The summed E-state index contributed by atoms with van der Waals surface area (Å²) in [5.74, 6) is 1.87.